The Labute approximate surface area is 124 Å². The molecule has 1 fully saturated rings. The standard InChI is InChI=1S/C15H23N3O3/c1-3-16-13-8-12(4-5-14(13)18(20)21)9-17-7-6-11(2)15(19)10-17/h4-5,8,11,15-16,19H,3,6-7,9-10H2,1-2H3. The van der Waals surface area contributed by atoms with Gasteiger partial charge in [0.2, 0.25) is 0 Å². The van der Waals surface area contributed by atoms with Gasteiger partial charge in [0, 0.05) is 25.7 Å². The monoisotopic (exact) mass is 293 g/mol. The molecule has 0 spiro atoms. The van der Waals surface area contributed by atoms with E-state index in [-0.39, 0.29) is 16.7 Å². The zero-order valence-electron chi connectivity index (χ0n) is 12.6. The molecule has 2 rings (SSSR count). The molecule has 6 nitrogen and oxygen atoms in total. The van der Waals surface area contributed by atoms with Crippen LogP contribution in [-0.2, 0) is 6.54 Å². The Kier molecular flexibility index (Phi) is 5.14. The van der Waals surface area contributed by atoms with Gasteiger partial charge in [-0.2, -0.15) is 0 Å². The maximum absolute atomic E-state index is 11.0. The van der Waals surface area contributed by atoms with E-state index in [1.165, 1.54) is 0 Å². The molecule has 21 heavy (non-hydrogen) atoms. The third-order valence-electron chi connectivity index (χ3n) is 4.03. The summed E-state index contributed by atoms with van der Waals surface area (Å²) in [7, 11) is 0. The minimum atomic E-state index is -0.367. The lowest BCUT2D eigenvalue weighted by Crippen LogP contribution is -2.42. The van der Waals surface area contributed by atoms with Crippen LogP contribution in [0.5, 0.6) is 0 Å². The van der Waals surface area contributed by atoms with Crippen LogP contribution in [0.2, 0.25) is 0 Å². The molecule has 1 saturated heterocycles. The summed E-state index contributed by atoms with van der Waals surface area (Å²) in [6.45, 7) is 6.95. The molecule has 0 bridgehead atoms. The number of piperidine rings is 1. The number of nitrogens with one attached hydrogen (secondary N) is 1. The third kappa shape index (κ3) is 3.92. The van der Waals surface area contributed by atoms with E-state index in [1.807, 2.05) is 13.0 Å². The molecule has 116 valence electrons. The summed E-state index contributed by atoms with van der Waals surface area (Å²) in [5.74, 6) is 0.343. The van der Waals surface area contributed by atoms with E-state index in [0.717, 1.165) is 18.5 Å². The average Bonchev–Trinajstić information content (AvgIpc) is 2.43. The summed E-state index contributed by atoms with van der Waals surface area (Å²) in [5.41, 5.74) is 1.69. The number of anilines is 1. The number of aliphatic hydroxyl groups excluding tert-OH is 1. The van der Waals surface area contributed by atoms with E-state index >= 15 is 0 Å². The molecule has 1 aromatic carbocycles. The van der Waals surface area contributed by atoms with Gasteiger partial charge in [-0.3, -0.25) is 15.0 Å². The Bertz CT molecular complexity index is 507. The number of nitrogens with zero attached hydrogens (tertiary/aromatic N) is 2. The molecule has 2 atom stereocenters. The summed E-state index contributed by atoms with van der Waals surface area (Å²) in [6, 6.07) is 5.19. The topological polar surface area (TPSA) is 78.6 Å². The number of rotatable bonds is 5. The SMILES string of the molecule is CCNc1cc(CN2CCC(C)C(O)C2)ccc1[N+](=O)[O-]. The number of hydrogen-bond donors (Lipinski definition) is 2. The van der Waals surface area contributed by atoms with Crippen LogP contribution in [0, 0.1) is 16.0 Å². The summed E-state index contributed by atoms with van der Waals surface area (Å²) in [6.07, 6.45) is 0.693. The molecule has 0 aromatic heterocycles. The number of likely N-dealkylation sites (tertiary alicyclic amines) is 1. The van der Waals surface area contributed by atoms with E-state index in [2.05, 4.69) is 17.1 Å². The second-order valence-electron chi connectivity index (χ2n) is 5.71. The van der Waals surface area contributed by atoms with Gasteiger partial charge < -0.3 is 10.4 Å². The van der Waals surface area contributed by atoms with Gasteiger partial charge in [0.1, 0.15) is 5.69 Å². The smallest absolute Gasteiger partial charge is 0.292 e. The number of hydrogen-bond acceptors (Lipinski definition) is 5. The normalized spacial score (nSPS) is 23.0. The van der Waals surface area contributed by atoms with Gasteiger partial charge in [-0.25, -0.2) is 0 Å². The number of benzene rings is 1. The Morgan fingerprint density at radius 2 is 2.29 bits per heavy atom. The van der Waals surface area contributed by atoms with Crippen LogP contribution in [0.3, 0.4) is 0 Å². The van der Waals surface area contributed by atoms with Crippen LogP contribution in [0.15, 0.2) is 18.2 Å². The maximum Gasteiger partial charge on any atom is 0.292 e. The lowest BCUT2D eigenvalue weighted by Gasteiger charge is -2.34. The molecule has 2 N–H and O–H groups in total. The van der Waals surface area contributed by atoms with Crippen molar-refractivity contribution in [2.75, 3.05) is 25.0 Å². The summed E-state index contributed by atoms with van der Waals surface area (Å²) >= 11 is 0. The van der Waals surface area contributed by atoms with Crippen LogP contribution in [0.25, 0.3) is 0 Å². The van der Waals surface area contributed by atoms with E-state index in [0.29, 0.717) is 31.2 Å². The van der Waals surface area contributed by atoms with Crippen molar-refractivity contribution in [2.45, 2.75) is 32.9 Å². The van der Waals surface area contributed by atoms with Gasteiger partial charge in [0.05, 0.1) is 11.0 Å². The fourth-order valence-electron chi connectivity index (χ4n) is 2.69. The van der Waals surface area contributed by atoms with Crippen molar-refractivity contribution in [2.24, 2.45) is 5.92 Å². The van der Waals surface area contributed by atoms with Crippen molar-refractivity contribution >= 4 is 11.4 Å². The minimum Gasteiger partial charge on any atom is -0.392 e. The van der Waals surface area contributed by atoms with Crippen molar-refractivity contribution in [3.63, 3.8) is 0 Å². The van der Waals surface area contributed by atoms with E-state index in [9.17, 15) is 15.2 Å². The zero-order valence-corrected chi connectivity index (χ0v) is 12.6. The zero-order chi connectivity index (χ0) is 15.4. The molecular weight excluding hydrogens is 270 g/mol. The molecule has 0 aliphatic carbocycles. The van der Waals surface area contributed by atoms with Crippen LogP contribution < -0.4 is 5.32 Å². The first kappa shape index (κ1) is 15.7. The first-order chi connectivity index (χ1) is 10.0. The van der Waals surface area contributed by atoms with Gasteiger partial charge in [-0.1, -0.05) is 13.0 Å². The Balaban J connectivity index is 2.10. The molecule has 6 heteroatoms. The number of nitro benzene ring substituents is 1. The van der Waals surface area contributed by atoms with Crippen LogP contribution in [0.4, 0.5) is 11.4 Å². The van der Waals surface area contributed by atoms with Crippen LogP contribution in [-0.4, -0.2) is 40.7 Å². The molecule has 2 unspecified atom stereocenters. The molecule has 1 aromatic rings. The Morgan fingerprint density at radius 1 is 1.52 bits per heavy atom. The number of β-amino-alcohol motifs (C(OH)–C–C–N with tert-alkyl or cyclic N) is 1. The molecule has 0 amide bonds. The summed E-state index contributed by atoms with van der Waals surface area (Å²) < 4.78 is 0. The third-order valence-corrected chi connectivity index (χ3v) is 4.03. The van der Waals surface area contributed by atoms with Gasteiger partial charge in [0.15, 0.2) is 0 Å². The van der Waals surface area contributed by atoms with E-state index in [4.69, 9.17) is 0 Å². The van der Waals surface area contributed by atoms with Gasteiger partial charge >= 0.3 is 0 Å². The lowest BCUT2D eigenvalue weighted by molar-refractivity contribution is -0.384. The average molecular weight is 293 g/mol. The highest BCUT2D eigenvalue weighted by Crippen LogP contribution is 2.27. The molecule has 1 heterocycles. The highest BCUT2D eigenvalue weighted by atomic mass is 16.6. The molecular formula is C15H23N3O3. The van der Waals surface area contributed by atoms with Crippen LogP contribution in [0.1, 0.15) is 25.8 Å². The van der Waals surface area contributed by atoms with Gasteiger partial charge in [-0.05, 0) is 37.4 Å². The Morgan fingerprint density at radius 3 is 2.90 bits per heavy atom. The lowest BCUT2D eigenvalue weighted by atomic mass is 9.95. The second kappa shape index (κ2) is 6.87. The quantitative estimate of drug-likeness (QED) is 0.643. The highest BCUT2D eigenvalue weighted by molar-refractivity contribution is 5.62. The largest absolute Gasteiger partial charge is 0.392 e. The van der Waals surface area contributed by atoms with E-state index < -0.39 is 0 Å². The predicted octanol–water partition coefficient (Wildman–Crippen LogP) is 2.23. The van der Waals surface area contributed by atoms with Crippen molar-refractivity contribution in [1.82, 2.24) is 4.90 Å². The predicted molar refractivity (Wildman–Crippen MR) is 82.3 cm³/mol. The van der Waals surface area contributed by atoms with Crippen LogP contribution >= 0.6 is 0 Å². The molecule has 1 aliphatic heterocycles. The van der Waals surface area contributed by atoms with Crippen molar-refractivity contribution in [3.05, 3.63) is 33.9 Å². The number of aliphatic hydroxyl groups is 1. The highest BCUT2D eigenvalue weighted by Gasteiger charge is 2.24. The van der Waals surface area contributed by atoms with Crippen molar-refractivity contribution < 1.29 is 10.0 Å². The fraction of sp³-hybridized carbons (Fsp3) is 0.600. The second-order valence-corrected chi connectivity index (χ2v) is 5.71. The van der Waals surface area contributed by atoms with Gasteiger partial charge in [0.25, 0.3) is 5.69 Å². The summed E-state index contributed by atoms with van der Waals surface area (Å²) in [4.78, 5) is 12.8. The molecule has 0 saturated carbocycles. The number of nitro groups is 1. The summed E-state index contributed by atoms with van der Waals surface area (Å²) in [5, 5.41) is 24.0. The van der Waals surface area contributed by atoms with Crippen molar-refractivity contribution in [3.8, 4) is 0 Å². The molecule has 1 aliphatic rings. The first-order valence-electron chi connectivity index (χ1n) is 7.43. The van der Waals surface area contributed by atoms with Crippen molar-refractivity contribution in [1.29, 1.82) is 0 Å². The van der Waals surface area contributed by atoms with Gasteiger partial charge in [-0.15, -0.1) is 0 Å². The maximum atomic E-state index is 11.0. The molecule has 0 radical (unpaired) electrons. The first-order valence-corrected chi connectivity index (χ1v) is 7.43. The fourth-order valence-corrected chi connectivity index (χ4v) is 2.69. The Hall–Kier alpha value is -1.66. The van der Waals surface area contributed by atoms with E-state index in [1.54, 1.807) is 12.1 Å². The minimum absolute atomic E-state index is 0.105.